The van der Waals surface area contributed by atoms with Crippen molar-refractivity contribution in [3.63, 3.8) is 0 Å². The molecule has 6 heteroatoms. The van der Waals surface area contributed by atoms with Gasteiger partial charge in [-0.1, -0.05) is 18.2 Å². The number of hydrogen-bond donors (Lipinski definition) is 0. The van der Waals surface area contributed by atoms with Crippen molar-refractivity contribution < 1.29 is 9.21 Å². The third-order valence-corrected chi connectivity index (χ3v) is 5.56. The Bertz CT molecular complexity index is 924. The Hall–Kier alpha value is -2.73. The first-order valence-electron chi connectivity index (χ1n) is 9.89. The number of likely N-dealkylation sites (tertiary alicyclic amines) is 1. The molecule has 2 aromatic heterocycles. The monoisotopic (exact) mass is 378 g/mol. The maximum Gasteiger partial charge on any atom is 0.219 e. The lowest BCUT2D eigenvalue weighted by atomic mass is 10.1. The molecule has 1 aromatic carbocycles. The normalized spacial score (nSPS) is 18.1. The Morgan fingerprint density at radius 1 is 1.21 bits per heavy atom. The molecule has 3 aromatic rings. The number of fused-ring (bicyclic) bond motifs is 1. The highest BCUT2D eigenvalue weighted by Gasteiger charge is 2.25. The Kier molecular flexibility index (Phi) is 5.67. The Morgan fingerprint density at radius 2 is 2.04 bits per heavy atom. The second kappa shape index (κ2) is 8.52. The van der Waals surface area contributed by atoms with Gasteiger partial charge in [-0.15, -0.1) is 0 Å². The van der Waals surface area contributed by atoms with Crippen LogP contribution in [0.5, 0.6) is 0 Å². The van der Waals surface area contributed by atoms with Crippen molar-refractivity contribution in [3.8, 4) is 0 Å². The van der Waals surface area contributed by atoms with Gasteiger partial charge >= 0.3 is 0 Å². The minimum absolute atomic E-state index is 0.114. The molecule has 1 amide bonds. The highest BCUT2D eigenvalue weighted by molar-refractivity contribution is 5.80. The maximum absolute atomic E-state index is 12.3. The molecule has 1 aliphatic heterocycles. The first-order chi connectivity index (χ1) is 13.7. The van der Waals surface area contributed by atoms with Gasteiger partial charge in [0.15, 0.2) is 0 Å². The van der Waals surface area contributed by atoms with E-state index in [-0.39, 0.29) is 11.9 Å². The van der Waals surface area contributed by atoms with Crippen LogP contribution in [0.15, 0.2) is 53.7 Å². The van der Waals surface area contributed by atoms with E-state index in [9.17, 15) is 4.79 Å². The standard InChI is InChI=1S/C22H26N4O2/c1-17(27)26(13-18-11-23-16-24-12-18)20-5-4-9-25(10-8-20)14-19-15-28-22-7-3-2-6-21(19)22/h2-3,6-7,11-12,15-16,20H,4-5,8-10,13-14H2,1H3. The third-order valence-electron chi connectivity index (χ3n) is 5.56. The molecule has 0 saturated carbocycles. The lowest BCUT2D eigenvalue weighted by Gasteiger charge is -2.30. The van der Waals surface area contributed by atoms with E-state index >= 15 is 0 Å². The van der Waals surface area contributed by atoms with E-state index < -0.39 is 0 Å². The summed E-state index contributed by atoms with van der Waals surface area (Å²) >= 11 is 0. The number of hydrogen-bond acceptors (Lipinski definition) is 5. The minimum atomic E-state index is 0.114. The summed E-state index contributed by atoms with van der Waals surface area (Å²) in [7, 11) is 0. The molecule has 0 spiro atoms. The van der Waals surface area contributed by atoms with Crippen molar-refractivity contribution in [2.24, 2.45) is 0 Å². The van der Waals surface area contributed by atoms with Crippen LogP contribution in [0.4, 0.5) is 0 Å². The van der Waals surface area contributed by atoms with Crippen molar-refractivity contribution in [1.29, 1.82) is 0 Å². The van der Waals surface area contributed by atoms with Crippen molar-refractivity contribution in [2.75, 3.05) is 13.1 Å². The zero-order valence-corrected chi connectivity index (χ0v) is 16.3. The van der Waals surface area contributed by atoms with E-state index in [4.69, 9.17) is 4.42 Å². The second-order valence-corrected chi connectivity index (χ2v) is 7.51. The van der Waals surface area contributed by atoms with Crippen LogP contribution in [0, 0.1) is 0 Å². The largest absolute Gasteiger partial charge is 0.464 e. The number of carbonyl (C=O) groups is 1. The molecule has 6 nitrogen and oxygen atoms in total. The van der Waals surface area contributed by atoms with Crippen molar-refractivity contribution in [3.05, 3.63) is 60.4 Å². The van der Waals surface area contributed by atoms with E-state index in [0.717, 1.165) is 50.0 Å². The molecule has 0 aliphatic carbocycles. The molecule has 28 heavy (non-hydrogen) atoms. The second-order valence-electron chi connectivity index (χ2n) is 7.51. The first-order valence-corrected chi connectivity index (χ1v) is 9.89. The summed E-state index contributed by atoms with van der Waals surface area (Å²) in [4.78, 5) is 24.9. The predicted octanol–water partition coefficient (Wildman–Crippen LogP) is 3.63. The van der Waals surface area contributed by atoms with Crippen LogP contribution >= 0.6 is 0 Å². The third kappa shape index (κ3) is 4.22. The number of rotatable bonds is 5. The molecule has 1 fully saturated rings. The molecule has 1 saturated heterocycles. The summed E-state index contributed by atoms with van der Waals surface area (Å²) in [5, 5.41) is 1.19. The number of carbonyl (C=O) groups excluding carboxylic acids is 1. The van der Waals surface area contributed by atoms with Crippen LogP contribution < -0.4 is 0 Å². The molecule has 3 heterocycles. The first kappa shape index (κ1) is 18.6. The lowest BCUT2D eigenvalue weighted by molar-refractivity contribution is -0.132. The predicted molar refractivity (Wildman–Crippen MR) is 107 cm³/mol. The zero-order valence-electron chi connectivity index (χ0n) is 16.3. The van der Waals surface area contributed by atoms with Gasteiger partial charge in [0, 0.05) is 61.5 Å². The molecule has 0 N–H and O–H groups in total. The summed E-state index contributed by atoms with van der Waals surface area (Å²) < 4.78 is 5.69. The molecule has 4 rings (SSSR count). The summed E-state index contributed by atoms with van der Waals surface area (Å²) in [5.74, 6) is 0.114. The topological polar surface area (TPSA) is 62.5 Å². The quantitative estimate of drug-likeness (QED) is 0.678. The molecule has 1 atom stereocenters. The van der Waals surface area contributed by atoms with Crippen molar-refractivity contribution in [1.82, 2.24) is 19.8 Å². The van der Waals surface area contributed by atoms with Crippen LogP contribution in [-0.4, -0.2) is 44.8 Å². The smallest absolute Gasteiger partial charge is 0.219 e. The Labute approximate surface area is 165 Å². The van der Waals surface area contributed by atoms with Gasteiger partial charge < -0.3 is 9.32 Å². The zero-order chi connectivity index (χ0) is 19.3. The van der Waals surface area contributed by atoms with Crippen LogP contribution in [0.2, 0.25) is 0 Å². The summed E-state index contributed by atoms with van der Waals surface area (Å²) in [5.41, 5.74) is 3.15. The number of benzene rings is 1. The van der Waals surface area contributed by atoms with Crippen LogP contribution in [0.25, 0.3) is 11.0 Å². The van der Waals surface area contributed by atoms with E-state index in [1.807, 2.05) is 23.3 Å². The fourth-order valence-corrected chi connectivity index (χ4v) is 4.11. The van der Waals surface area contributed by atoms with Gasteiger partial charge in [-0.2, -0.15) is 0 Å². The van der Waals surface area contributed by atoms with Gasteiger partial charge in [0.1, 0.15) is 11.9 Å². The maximum atomic E-state index is 12.3. The SMILES string of the molecule is CC(=O)N(Cc1cncnc1)C1CCCN(Cc2coc3ccccc23)CC1. The van der Waals surface area contributed by atoms with E-state index in [1.165, 1.54) is 17.3 Å². The van der Waals surface area contributed by atoms with E-state index in [1.54, 1.807) is 19.3 Å². The van der Waals surface area contributed by atoms with Crippen molar-refractivity contribution >= 4 is 16.9 Å². The average molecular weight is 378 g/mol. The number of furan rings is 1. The highest BCUT2D eigenvalue weighted by Crippen LogP contribution is 2.25. The molecule has 0 bridgehead atoms. The summed E-state index contributed by atoms with van der Waals surface area (Å²) in [6.07, 6.45) is 10.1. The molecule has 0 radical (unpaired) electrons. The van der Waals surface area contributed by atoms with Gasteiger partial charge in [0.25, 0.3) is 0 Å². The van der Waals surface area contributed by atoms with E-state index in [0.29, 0.717) is 6.54 Å². The fourth-order valence-electron chi connectivity index (χ4n) is 4.11. The van der Waals surface area contributed by atoms with Gasteiger partial charge in [-0.3, -0.25) is 9.69 Å². The number of para-hydroxylation sites is 1. The van der Waals surface area contributed by atoms with Gasteiger partial charge in [0.2, 0.25) is 5.91 Å². The molecular weight excluding hydrogens is 352 g/mol. The number of amides is 1. The average Bonchev–Trinajstić information content (AvgIpc) is 2.97. The van der Waals surface area contributed by atoms with Crippen LogP contribution in [-0.2, 0) is 17.9 Å². The molecule has 146 valence electrons. The Balaban J connectivity index is 1.41. The fraction of sp³-hybridized carbons (Fsp3) is 0.409. The van der Waals surface area contributed by atoms with Crippen LogP contribution in [0.1, 0.15) is 37.3 Å². The Morgan fingerprint density at radius 3 is 2.86 bits per heavy atom. The molecule has 1 aliphatic rings. The summed E-state index contributed by atoms with van der Waals surface area (Å²) in [6, 6.07) is 8.44. The number of nitrogens with zero attached hydrogens (tertiary/aromatic N) is 4. The van der Waals surface area contributed by atoms with Gasteiger partial charge in [-0.25, -0.2) is 9.97 Å². The van der Waals surface area contributed by atoms with Crippen LogP contribution in [0.3, 0.4) is 0 Å². The summed E-state index contributed by atoms with van der Waals surface area (Å²) in [6.45, 7) is 5.13. The van der Waals surface area contributed by atoms with Gasteiger partial charge in [-0.05, 0) is 31.9 Å². The molecular formula is C22H26N4O2. The van der Waals surface area contributed by atoms with Crippen molar-refractivity contribution in [2.45, 2.75) is 45.3 Å². The number of aromatic nitrogens is 2. The lowest BCUT2D eigenvalue weighted by Crippen LogP contribution is -2.39. The van der Waals surface area contributed by atoms with E-state index in [2.05, 4.69) is 27.0 Å². The minimum Gasteiger partial charge on any atom is -0.464 e. The highest BCUT2D eigenvalue weighted by atomic mass is 16.3. The molecule has 1 unspecified atom stereocenters. The van der Waals surface area contributed by atoms with Gasteiger partial charge in [0.05, 0.1) is 6.26 Å².